The van der Waals surface area contributed by atoms with Crippen LogP contribution >= 0.6 is 11.8 Å². The van der Waals surface area contributed by atoms with Crippen molar-refractivity contribution in [3.05, 3.63) is 35.4 Å². The zero-order chi connectivity index (χ0) is 13.9. The van der Waals surface area contributed by atoms with Crippen LogP contribution in [0.2, 0.25) is 0 Å². The van der Waals surface area contributed by atoms with Crippen LogP contribution in [0.1, 0.15) is 50.7 Å². The number of hydrogen-bond donors (Lipinski definition) is 1. The van der Waals surface area contributed by atoms with E-state index in [1.807, 2.05) is 0 Å². The van der Waals surface area contributed by atoms with E-state index in [0.717, 1.165) is 12.3 Å². The van der Waals surface area contributed by atoms with Gasteiger partial charge in [-0.2, -0.15) is 11.8 Å². The molecule has 0 aliphatic heterocycles. The van der Waals surface area contributed by atoms with Crippen LogP contribution in [-0.4, -0.2) is 18.3 Å². The van der Waals surface area contributed by atoms with Crippen molar-refractivity contribution in [1.82, 2.24) is 5.32 Å². The molecular formula is C17H29NS. The highest BCUT2D eigenvalue weighted by atomic mass is 32.2. The van der Waals surface area contributed by atoms with Gasteiger partial charge in [-0.3, -0.25) is 0 Å². The topological polar surface area (TPSA) is 12.0 Å². The smallest absolute Gasteiger partial charge is 0.0184 e. The second-order valence-electron chi connectivity index (χ2n) is 5.39. The molecule has 0 aromatic heterocycles. The highest BCUT2D eigenvalue weighted by Crippen LogP contribution is 2.15. The third-order valence-electron chi connectivity index (χ3n) is 3.27. The maximum Gasteiger partial charge on any atom is 0.0184 e. The van der Waals surface area contributed by atoms with Crippen molar-refractivity contribution in [3.63, 3.8) is 0 Å². The van der Waals surface area contributed by atoms with Crippen LogP contribution in [0, 0.1) is 6.92 Å². The monoisotopic (exact) mass is 279 g/mol. The minimum absolute atomic E-state index is 0.682. The molecule has 0 fully saturated rings. The highest BCUT2D eigenvalue weighted by Gasteiger charge is 2.00. The fourth-order valence-electron chi connectivity index (χ4n) is 2.14. The lowest BCUT2D eigenvalue weighted by Gasteiger charge is -2.12. The SMILES string of the molecule is CCCNC(C)CCCCSCc1cccc(C)c1. The van der Waals surface area contributed by atoms with Crippen molar-refractivity contribution in [2.24, 2.45) is 0 Å². The number of rotatable bonds is 10. The van der Waals surface area contributed by atoms with Crippen molar-refractivity contribution in [2.75, 3.05) is 12.3 Å². The third kappa shape index (κ3) is 8.33. The Morgan fingerprint density at radius 1 is 1.26 bits per heavy atom. The second kappa shape index (κ2) is 10.3. The van der Waals surface area contributed by atoms with E-state index in [0.29, 0.717) is 6.04 Å². The van der Waals surface area contributed by atoms with Crippen molar-refractivity contribution >= 4 is 11.8 Å². The Morgan fingerprint density at radius 3 is 2.84 bits per heavy atom. The van der Waals surface area contributed by atoms with Gasteiger partial charge in [0.1, 0.15) is 0 Å². The lowest BCUT2D eigenvalue weighted by atomic mass is 10.1. The first kappa shape index (κ1) is 16.6. The van der Waals surface area contributed by atoms with Crippen molar-refractivity contribution in [2.45, 2.75) is 58.2 Å². The molecule has 2 heteroatoms. The summed E-state index contributed by atoms with van der Waals surface area (Å²) in [6.07, 6.45) is 5.23. The Labute approximate surface area is 123 Å². The molecule has 0 aliphatic rings. The molecule has 0 saturated carbocycles. The molecule has 1 aromatic carbocycles. The molecular weight excluding hydrogens is 250 g/mol. The van der Waals surface area contributed by atoms with Crippen LogP contribution in [0.3, 0.4) is 0 Å². The Kier molecular flexibility index (Phi) is 9.02. The molecule has 108 valence electrons. The summed E-state index contributed by atoms with van der Waals surface area (Å²) in [5.74, 6) is 2.44. The summed E-state index contributed by atoms with van der Waals surface area (Å²) >= 11 is 2.06. The molecule has 0 heterocycles. The fourth-order valence-corrected chi connectivity index (χ4v) is 3.11. The molecule has 1 unspecified atom stereocenters. The summed E-state index contributed by atoms with van der Waals surface area (Å²) in [7, 11) is 0. The Hall–Kier alpha value is -0.470. The maximum atomic E-state index is 3.55. The van der Waals surface area contributed by atoms with Gasteiger partial charge in [0.25, 0.3) is 0 Å². The number of aryl methyl sites for hydroxylation is 1. The van der Waals surface area contributed by atoms with E-state index in [-0.39, 0.29) is 0 Å². The van der Waals surface area contributed by atoms with Crippen molar-refractivity contribution in [1.29, 1.82) is 0 Å². The van der Waals surface area contributed by atoms with E-state index in [1.54, 1.807) is 0 Å². The van der Waals surface area contributed by atoms with Gasteiger partial charge in [-0.15, -0.1) is 0 Å². The number of thioether (sulfide) groups is 1. The normalized spacial score (nSPS) is 12.6. The summed E-state index contributed by atoms with van der Waals surface area (Å²) in [5, 5.41) is 3.55. The number of benzene rings is 1. The Balaban J connectivity index is 1.99. The van der Waals surface area contributed by atoms with Gasteiger partial charge in [0.15, 0.2) is 0 Å². The first-order valence-electron chi connectivity index (χ1n) is 7.59. The van der Waals surface area contributed by atoms with Crippen molar-refractivity contribution in [3.8, 4) is 0 Å². The first-order valence-corrected chi connectivity index (χ1v) is 8.74. The number of nitrogens with one attached hydrogen (secondary N) is 1. The second-order valence-corrected chi connectivity index (χ2v) is 6.50. The van der Waals surface area contributed by atoms with Gasteiger partial charge in [-0.25, -0.2) is 0 Å². The van der Waals surface area contributed by atoms with Gasteiger partial charge in [0.05, 0.1) is 0 Å². The number of hydrogen-bond acceptors (Lipinski definition) is 2. The zero-order valence-corrected chi connectivity index (χ0v) is 13.6. The average Bonchev–Trinajstić information content (AvgIpc) is 2.40. The minimum atomic E-state index is 0.682. The van der Waals surface area contributed by atoms with E-state index in [2.05, 4.69) is 62.1 Å². The molecule has 1 rings (SSSR count). The zero-order valence-electron chi connectivity index (χ0n) is 12.7. The molecule has 0 aliphatic carbocycles. The molecule has 0 saturated heterocycles. The van der Waals surface area contributed by atoms with Crippen LogP contribution in [0.4, 0.5) is 0 Å². The molecule has 1 nitrogen and oxygen atoms in total. The molecule has 0 bridgehead atoms. The minimum Gasteiger partial charge on any atom is -0.314 e. The summed E-state index contributed by atoms with van der Waals surface area (Å²) in [4.78, 5) is 0. The number of unbranched alkanes of at least 4 members (excludes halogenated alkanes) is 1. The van der Waals surface area contributed by atoms with E-state index in [4.69, 9.17) is 0 Å². The molecule has 1 atom stereocenters. The van der Waals surface area contributed by atoms with Crippen LogP contribution < -0.4 is 5.32 Å². The van der Waals surface area contributed by atoms with E-state index in [9.17, 15) is 0 Å². The predicted molar refractivity (Wildman–Crippen MR) is 88.9 cm³/mol. The van der Waals surface area contributed by atoms with Gasteiger partial charge >= 0.3 is 0 Å². The predicted octanol–water partition coefficient (Wildman–Crippen LogP) is 4.79. The average molecular weight is 279 g/mol. The maximum absolute atomic E-state index is 3.55. The lowest BCUT2D eigenvalue weighted by Crippen LogP contribution is -2.26. The summed E-state index contributed by atoms with van der Waals surface area (Å²) < 4.78 is 0. The lowest BCUT2D eigenvalue weighted by molar-refractivity contribution is 0.496. The Morgan fingerprint density at radius 2 is 2.11 bits per heavy atom. The van der Waals surface area contributed by atoms with E-state index < -0.39 is 0 Å². The molecule has 0 radical (unpaired) electrons. The standard InChI is InChI=1S/C17H29NS/c1-4-11-18-16(3)9-5-6-12-19-14-17-10-7-8-15(2)13-17/h7-8,10,13,16,18H,4-6,9,11-12,14H2,1-3H3. The quantitative estimate of drug-likeness (QED) is 0.618. The fraction of sp³-hybridized carbons (Fsp3) is 0.647. The van der Waals surface area contributed by atoms with Gasteiger partial charge in [-0.1, -0.05) is 43.2 Å². The summed E-state index contributed by atoms with van der Waals surface area (Å²) in [6, 6.07) is 9.53. The van der Waals surface area contributed by atoms with Crippen LogP contribution in [0.15, 0.2) is 24.3 Å². The first-order chi connectivity index (χ1) is 9.22. The van der Waals surface area contributed by atoms with Gasteiger partial charge in [0.2, 0.25) is 0 Å². The van der Waals surface area contributed by atoms with Crippen LogP contribution in [0.25, 0.3) is 0 Å². The van der Waals surface area contributed by atoms with E-state index >= 15 is 0 Å². The molecule has 0 amide bonds. The molecule has 0 spiro atoms. The largest absolute Gasteiger partial charge is 0.314 e. The van der Waals surface area contributed by atoms with Gasteiger partial charge in [-0.05, 0) is 51.0 Å². The van der Waals surface area contributed by atoms with Crippen LogP contribution in [-0.2, 0) is 5.75 Å². The molecule has 19 heavy (non-hydrogen) atoms. The molecule has 1 N–H and O–H groups in total. The van der Waals surface area contributed by atoms with Gasteiger partial charge in [0, 0.05) is 11.8 Å². The summed E-state index contributed by atoms with van der Waals surface area (Å²) in [5.41, 5.74) is 2.83. The third-order valence-corrected chi connectivity index (χ3v) is 4.38. The Bertz CT molecular complexity index is 338. The molecule has 1 aromatic rings. The highest BCUT2D eigenvalue weighted by molar-refractivity contribution is 7.98. The van der Waals surface area contributed by atoms with Crippen LogP contribution in [0.5, 0.6) is 0 Å². The van der Waals surface area contributed by atoms with Gasteiger partial charge < -0.3 is 5.32 Å². The van der Waals surface area contributed by atoms with Crippen molar-refractivity contribution < 1.29 is 0 Å². The summed E-state index contributed by atoms with van der Waals surface area (Å²) in [6.45, 7) is 7.85. The van der Waals surface area contributed by atoms with E-state index in [1.165, 1.54) is 42.6 Å².